The summed E-state index contributed by atoms with van der Waals surface area (Å²) < 4.78 is 0. The summed E-state index contributed by atoms with van der Waals surface area (Å²) in [6, 6.07) is 16.9. The van der Waals surface area contributed by atoms with Crippen molar-refractivity contribution >= 4 is 23.4 Å². The number of nitrogen functional groups attached to an aromatic ring is 1. The maximum Gasteiger partial charge on any atom is 0.250 e. The molecule has 0 aliphatic heterocycles. The van der Waals surface area contributed by atoms with Crippen molar-refractivity contribution in [3.8, 4) is 0 Å². The average Bonchev–Trinajstić information content (AvgIpc) is 2.46. The zero-order chi connectivity index (χ0) is 13.7. The molecule has 0 spiro atoms. The van der Waals surface area contributed by atoms with E-state index in [-0.39, 0.29) is 5.91 Å². The van der Waals surface area contributed by atoms with Gasteiger partial charge in [0.25, 0.3) is 5.91 Å². The number of carbonyl (C=O) groups is 1. The van der Waals surface area contributed by atoms with E-state index in [4.69, 9.17) is 5.73 Å². The van der Waals surface area contributed by atoms with Gasteiger partial charge >= 0.3 is 0 Å². The van der Waals surface area contributed by atoms with Crippen molar-refractivity contribution in [2.24, 2.45) is 0 Å². The second kappa shape index (κ2) is 5.87. The van der Waals surface area contributed by atoms with Crippen molar-refractivity contribution in [3.05, 3.63) is 66.2 Å². The molecule has 0 saturated carbocycles. The fourth-order valence-electron chi connectivity index (χ4n) is 1.67. The maximum atomic E-state index is 12.0. The van der Waals surface area contributed by atoms with Crippen LogP contribution >= 0.6 is 0 Å². The fourth-order valence-corrected chi connectivity index (χ4v) is 1.67. The summed E-state index contributed by atoms with van der Waals surface area (Å²) in [6.07, 6.45) is 3.33. The Bertz CT molecular complexity index is 573. The van der Waals surface area contributed by atoms with Gasteiger partial charge in [0.1, 0.15) is 0 Å². The van der Waals surface area contributed by atoms with E-state index >= 15 is 0 Å². The van der Waals surface area contributed by atoms with Crippen LogP contribution in [0.2, 0.25) is 0 Å². The fraction of sp³-hybridized carbons (Fsp3) is 0.0625. The smallest absolute Gasteiger partial charge is 0.250 e. The second-order valence-electron chi connectivity index (χ2n) is 4.23. The van der Waals surface area contributed by atoms with E-state index in [9.17, 15) is 4.79 Å². The van der Waals surface area contributed by atoms with Crippen molar-refractivity contribution in [2.45, 2.75) is 0 Å². The van der Waals surface area contributed by atoms with Crippen LogP contribution in [0.15, 0.2) is 60.7 Å². The third kappa shape index (κ3) is 3.45. The summed E-state index contributed by atoms with van der Waals surface area (Å²) in [4.78, 5) is 13.6. The molecule has 0 atom stereocenters. The highest BCUT2D eigenvalue weighted by Crippen LogP contribution is 2.12. The number of anilines is 2. The largest absolute Gasteiger partial charge is 0.399 e. The van der Waals surface area contributed by atoms with Crippen LogP contribution < -0.4 is 10.6 Å². The van der Waals surface area contributed by atoms with Crippen LogP contribution in [0.25, 0.3) is 6.08 Å². The Morgan fingerprint density at radius 1 is 1.05 bits per heavy atom. The lowest BCUT2D eigenvalue weighted by molar-refractivity contribution is -0.113. The molecule has 0 bridgehead atoms. The molecule has 0 radical (unpaired) electrons. The van der Waals surface area contributed by atoms with E-state index in [0.717, 1.165) is 11.3 Å². The summed E-state index contributed by atoms with van der Waals surface area (Å²) in [7, 11) is 1.75. The highest BCUT2D eigenvalue weighted by molar-refractivity contribution is 6.03. The quantitative estimate of drug-likeness (QED) is 0.674. The number of hydrogen-bond donors (Lipinski definition) is 1. The molecule has 1 amide bonds. The van der Waals surface area contributed by atoms with Crippen molar-refractivity contribution in [3.63, 3.8) is 0 Å². The van der Waals surface area contributed by atoms with Crippen LogP contribution in [0.1, 0.15) is 5.56 Å². The molecule has 3 nitrogen and oxygen atoms in total. The Balaban J connectivity index is 2.07. The Morgan fingerprint density at radius 3 is 2.32 bits per heavy atom. The van der Waals surface area contributed by atoms with E-state index in [1.54, 1.807) is 24.1 Å². The molecular formula is C16H16N2O. The first kappa shape index (κ1) is 12.9. The molecule has 0 fully saturated rings. The van der Waals surface area contributed by atoms with Gasteiger partial charge in [-0.2, -0.15) is 0 Å². The molecule has 0 aliphatic carbocycles. The van der Waals surface area contributed by atoms with Crippen LogP contribution in [-0.4, -0.2) is 13.0 Å². The highest BCUT2D eigenvalue weighted by atomic mass is 16.2. The first-order valence-electron chi connectivity index (χ1n) is 6.03. The summed E-state index contributed by atoms with van der Waals surface area (Å²) >= 11 is 0. The molecule has 96 valence electrons. The van der Waals surface area contributed by atoms with Gasteiger partial charge in [0, 0.05) is 24.5 Å². The van der Waals surface area contributed by atoms with Crippen LogP contribution in [0.3, 0.4) is 0 Å². The molecule has 2 aromatic rings. The van der Waals surface area contributed by atoms with E-state index in [2.05, 4.69) is 0 Å². The van der Waals surface area contributed by atoms with Crippen molar-refractivity contribution in [2.75, 3.05) is 17.7 Å². The summed E-state index contributed by atoms with van der Waals surface area (Å²) in [5, 5.41) is 0. The van der Waals surface area contributed by atoms with Gasteiger partial charge in [0.05, 0.1) is 0 Å². The Labute approximate surface area is 113 Å². The molecule has 0 saturated heterocycles. The molecule has 0 aromatic heterocycles. The molecule has 2 rings (SSSR count). The molecule has 2 aromatic carbocycles. The number of nitrogens with zero attached hydrogens (tertiary/aromatic N) is 1. The monoisotopic (exact) mass is 252 g/mol. The van der Waals surface area contributed by atoms with E-state index in [0.29, 0.717) is 5.69 Å². The standard InChI is InChI=1S/C16H16N2O/c1-18(15-5-3-2-4-6-15)16(19)12-9-13-7-10-14(17)11-8-13/h2-12H,17H2,1H3/b12-9+. The zero-order valence-corrected chi connectivity index (χ0v) is 10.8. The first-order valence-corrected chi connectivity index (χ1v) is 6.03. The van der Waals surface area contributed by atoms with Crippen molar-refractivity contribution < 1.29 is 4.79 Å². The molecule has 0 aliphatic rings. The normalized spacial score (nSPS) is 10.6. The number of rotatable bonds is 3. The number of carbonyl (C=O) groups excluding carboxylic acids is 1. The number of benzene rings is 2. The van der Waals surface area contributed by atoms with Crippen molar-refractivity contribution in [1.29, 1.82) is 0 Å². The lowest BCUT2D eigenvalue weighted by Crippen LogP contribution is -2.23. The minimum Gasteiger partial charge on any atom is -0.399 e. The molecular weight excluding hydrogens is 236 g/mol. The molecule has 0 heterocycles. The van der Waals surface area contributed by atoms with Crippen LogP contribution in [0, 0.1) is 0 Å². The Hall–Kier alpha value is -2.55. The lowest BCUT2D eigenvalue weighted by atomic mass is 10.2. The number of amides is 1. The van der Waals surface area contributed by atoms with Gasteiger partial charge < -0.3 is 10.6 Å². The molecule has 3 heteroatoms. The minimum atomic E-state index is -0.0666. The van der Waals surface area contributed by atoms with Gasteiger partial charge in [0.2, 0.25) is 0 Å². The van der Waals surface area contributed by atoms with Crippen LogP contribution in [0.4, 0.5) is 11.4 Å². The number of hydrogen-bond acceptors (Lipinski definition) is 2. The summed E-state index contributed by atoms with van der Waals surface area (Å²) in [5.41, 5.74) is 8.14. The predicted octanol–water partition coefficient (Wildman–Crippen LogP) is 2.95. The van der Waals surface area contributed by atoms with E-state index in [1.165, 1.54) is 0 Å². The van der Waals surface area contributed by atoms with E-state index in [1.807, 2.05) is 54.6 Å². The highest BCUT2D eigenvalue weighted by Gasteiger charge is 2.06. The Kier molecular flexibility index (Phi) is 3.98. The predicted molar refractivity (Wildman–Crippen MR) is 79.7 cm³/mol. The SMILES string of the molecule is CN(C(=O)/C=C/c1ccc(N)cc1)c1ccccc1. The minimum absolute atomic E-state index is 0.0666. The molecule has 0 unspecified atom stereocenters. The summed E-state index contributed by atoms with van der Waals surface area (Å²) in [5.74, 6) is -0.0666. The van der Waals surface area contributed by atoms with Gasteiger partial charge in [-0.3, -0.25) is 4.79 Å². The third-order valence-electron chi connectivity index (χ3n) is 2.83. The topological polar surface area (TPSA) is 46.3 Å². The average molecular weight is 252 g/mol. The number of nitrogens with two attached hydrogens (primary N) is 1. The first-order chi connectivity index (χ1) is 9.16. The van der Waals surface area contributed by atoms with Gasteiger partial charge in [-0.1, -0.05) is 30.3 Å². The Morgan fingerprint density at radius 2 is 1.68 bits per heavy atom. The zero-order valence-electron chi connectivity index (χ0n) is 10.8. The van der Waals surface area contributed by atoms with Crippen LogP contribution in [-0.2, 0) is 4.79 Å². The second-order valence-corrected chi connectivity index (χ2v) is 4.23. The van der Waals surface area contributed by atoms with Crippen LogP contribution in [0.5, 0.6) is 0 Å². The number of likely N-dealkylation sites (N-methyl/N-ethyl adjacent to an activating group) is 1. The molecule has 19 heavy (non-hydrogen) atoms. The van der Waals surface area contributed by atoms with Gasteiger partial charge in [-0.05, 0) is 35.9 Å². The van der Waals surface area contributed by atoms with Gasteiger partial charge in [-0.25, -0.2) is 0 Å². The van der Waals surface area contributed by atoms with E-state index < -0.39 is 0 Å². The van der Waals surface area contributed by atoms with Gasteiger partial charge in [0.15, 0.2) is 0 Å². The lowest BCUT2D eigenvalue weighted by Gasteiger charge is -2.14. The summed E-state index contributed by atoms with van der Waals surface area (Å²) in [6.45, 7) is 0. The third-order valence-corrected chi connectivity index (χ3v) is 2.83. The maximum absolute atomic E-state index is 12.0. The molecule has 2 N–H and O–H groups in total. The number of para-hydroxylation sites is 1. The van der Waals surface area contributed by atoms with Crippen molar-refractivity contribution in [1.82, 2.24) is 0 Å². The van der Waals surface area contributed by atoms with Gasteiger partial charge in [-0.15, -0.1) is 0 Å².